The first-order valence-electron chi connectivity index (χ1n) is 5.94. The lowest BCUT2D eigenvalue weighted by molar-refractivity contribution is 0.224. The van der Waals surface area contributed by atoms with Gasteiger partial charge >= 0.3 is 0 Å². The first-order valence-corrected chi connectivity index (χ1v) is 5.94. The van der Waals surface area contributed by atoms with Crippen molar-refractivity contribution in [2.45, 2.75) is 20.0 Å². The van der Waals surface area contributed by atoms with E-state index in [4.69, 9.17) is 5.11 Å². The molecule has 0 amide bonds. The molecule has 0 aromatic carbocycles. The SMILES string of the molecule is CNCc1cn(CC(C)CO)c2ncccc12. The molecule has 1 atom stereocenters. The molecule has 2 N–H and O–H groups in total. The predicted molar refractivity (Wildman–Crippen MR) is 68.7 cm³/mol. The van der Waals surface area contributed by atoms with Gasteiger partial charge in [0.15, 0.2) is 0 Å². The van der Waals surface area contributed by atoms with Gasteiger partial charge in [0, 0.05) is 37.5 Å². The van der Waals surface area contributed by atoms with Gasteiger partial charge in [-0.25, -0.2) is 4.98 Å². The highest BCUT2D eigenvalue weighted by atomic mass is 16.3. The molecule has 2 rings (SSSR count). The van der Waals surface area contributed by atoms with Crippen LogP contribution in [0.1, 0.15) is 12.5 Å². The maximum absolute atomic E-state index is 9.13. The molecule has 0 saturated heterocycles. The normalized spacial score (nSPS) is 13.1. The highest BCUT2D eigenvalue weighted by molar-refractivity contribution is 5.80. The average molecular weight is 233 g/mol. The maximum Gasteiger partial charge on any atom is 0.140 e. The Hall–Kier alpha value is -1.39. The minimum Gasteiger partial charge on any atom is -0.396 e. The van der Waals surface area contributed by atoms with Crippen molar-refractivity contribution in [3.05, 3.63) is 30.1 Å². The number of hydrogen-bond donors (Lipinski definition) is 2. The number of nitrogens with one attached hydrogen (secondary N) is 1. The summed E-state index contributed by atoms with van der Waals surface area (Å²) in [6.45, 7) is 3.87. The molecule has 0 fully saturated rings. The van der Waals surface area contributed by atoms with Gasteiger partial charge in [0.05, 0.1) is 0 Å². The Balaban J connectivity index is 2.41. The Morgan fingerprint density at radius 1 is 1.53 bits per heavy atom. The standard InChI is InChI=1S/C13H19N3O/c1-10(9-17)7-16-8-11(6-14-2)12-4-3-5-15-13(12)16/h3-5,8,10,14,17H,6-7,9H2,1-2H3. The quantitative estimate of drug-likeness (QED) is 0.820. The van der Waals surface area contributed by atoms with Crippen molar-refractivity contribution >= 4 is 11.0 Å². The van der Waals surface area contributed by atoms with Gasteiger partial charge in [0.1, 0.15) is 5.65 Å². The number of aromatic nitrogens is 2. The summed E-state index contributed by atoms with van der Waals surface area (Å²) in [5.41, 5.74) is 2.25. The van der Waals surface area contributed by atoms with Gasteiger partial charge < -0.3 is 15.0 Å². The van der Waals surface area contributed by atoms with Crippen molar-refractivity contribution in [1.82, 2.24) is 14.9 Å². The average Bonchev–Trinajstić information content (AvgIpc) is 2.69. The summed E-state index contributed by atoms with van der Waals surface area (Å²) in [5.74, 6) is 0.245. The Labute approximate surface area is 101 Å². The van der Waals surface area contributed by atoms with E-state index in [9.17, 15) is 0 Å². The number of fused-ring (bicyclic) bond motifs is 1. The van der Waals surface area contributed by atoms with Gasteiger partial charge in [-0.05, 0) is 30.7 Å². The summed E-state index contributed by atoms with van der Waals surface area (Å²) >= 11 is 0. The van der Waals surface area contributed by atoms with Gasteiger partial charge in [-0.3, -0.25) is 0 Å². The van der Waals surface area contributed by atoms with Crippen LogP contribution in [0.5, 0.6) is 0 Å². The molecule has 0 saturated carbocycles. The summed E-state index contributed by atoms with van der Waals surface area (Å²) in [6.07, 6.45) is 3.94. The second-order valence-electron chi connectivity index (χ2n) is 4.50. The van der Waals surface area contributed by atoms with Crippen LogP contribution in [-0.2, 0) is 13.1 Å². The van der Waals surface area contributed by atoms with E-state index in [1.807, 2.05) is 26.2 Å². The molecule has 0 aliphatic carbocycles. The zero-order valence-corrected chi connectivity index (χ0v) is 10.3. The third kappa shape index (κ3) is 2.48. The molecule has 2 aromatic rings. The third-order valence-corrected chi connectivity index (χ3v) is 2.90. The molecule has 4 nitrogen and oxygen atoms in total. The van der Waals surface area contributed by atoms with Crippen molar-refractivity contribution in [1.29, 1.82) is 0 Å². The van der Waals surface area contributed by atoms with E-state index in [-0.39, 0.29) is 12.5 Å². The lowest BCUT2D eigenvalue weighted by Gasteiger charge is -2.09. The van der Waals surface area contributed by atoms with Crippen molar-refractivity contribution in [3.8, 4) is 0 Å². The van der Waals surface area contributed by atoms with Gasteiger partial charge in [0.25, 0.3) is 0 Å². The number of nitrogens with zero attached hydrogens (tertiary/aromatic N) is 2. The smallest absolute Gasteiger partial charge is 0.140 e. The van der Waals surface area contributed by atoms with Crippen LogP contribution < -0.4 is 5.32 Å². The third-order valence-electron chi connectivity index (χ3n) is 2.90. The number of hydrogen-bond acceptors (Lipinski definition) is 3. The Kier molecular flexibility index (Phi) is 3.76. The zero-order valence-electron chi connectivity index (χ0n) is 10.3. The summed E-state index contributed by atoms with van der Waals surface area (Å²) in [5, 5.41) is 13.5. The van der Waals surface area contributed by atoms with Gasteiger partial charge in [0.2, 0.25) is 0 Å². The van der Waals surface area contributed by atoms with Gasteiger partial charge in [-0.15, -0.1) is 0 Å². The summed E-state index contributed by atoms with van der Waals surface area (Å²) in [7, 11) is 1.94. The number of aliphatic hydroxyl groups is 1. The zero-order chi connectivity index (χ0) is 12.3. The molecule has 0 bridgehead atoms. The monoisotopic (exact) mass is 233 g/mol. The molecule has 4 heteroatoms. The van der Waals surface area contributed by atoms with Crippen LogP contribution in [0.2, 0.25) is 0 Å². The molecule has 92 valence electrons. The fourth-order valence-electron chi connectivity index (χ4n) is 2.06. The van der Waals surface area contributed by atoms with E-state index in [1.165, 1.54) is 10.9 Å². The Morgan fingerprint density at radius 2 is 2.35 bits per heavy atom. The number of rotatable bonds is 5. The van der Waals surface area contributed by atoms with Crippen molar-refractivity contribution in [2.24, 2.45) is 5.92 Å². The van der Waals surface area contributed by atoms with E-state index < -0.39 is 0 Å². The topological polar surface area (TPSA) is 50.1 Å². The molecule has 2 heterocycles. The van der Waals surface area contributed by atoms with E-state index in [0.29, 0.717) is 0 Å². The van der Waals surface area contributed by atoms with Gasteiger partial charge in [-0.1, -0.05) is 6.92 Å². The Morgan fingerprint density at radius 3 is 3.06 bits per heavy atom. The van der Waals surface area contributed by atoms with Gasteiger partial charge in [-0.2, -0.15) is 0 Å². The summed E-state index contributed by atoms with van der Waals surface area (Å²) in [4.78, 5) is 4.42. The predicted octanol–water partition coefficient (Wildman–Crippen LogP) is 1.38. The van der Waals surface area contributed by atoms with Crippen LogP contribution in [0.25, 0.3) is 11.0 Å². The molecule has 17 heavy (non-hydrogen) atoms. The lowest BCUT2D eigenvalue weighted by atomic mass is 10.2. The van der Waals surface area contributed by atoms with Crippen LogP contribution in [0.3, 0.4) is 0 Å². The fourth-order valence-corrected chi connectivity index (χ4v) is 2.06. The fraction of sp³-hybridized carbons (Fsp3) is 0.462. The van der Waals surface area contributed by atoms with Crippen LogP contribution in [0, 0.1) is 5.92 Å². The molecule has 0 spiro atoms. The van der Waals surface area contributed by atoms with Crippen LogP contribution in [0.15, 0.2) is 24.5 Å². The molecule has 2 aromatic heterocycles. The highest BCUT2D eigenvalue weighted by Crippen LogP contribution is 2.20. The summed E-state index contributed by atoms with van der Waals surface area (Å²) < 4.78 is 2.13. The van der Waals surface area contributed by atoms with Crippen molar-refractivity contribution < 1.29 is 5.11 Å². The first-order chi connectivity index (χ1) is 8.26. The minimum atomic E-state index is 0.202. The lowest BCUT2D eigenvalue weighted by Crippen LogP contribution is -2.10. The molecule has 0 radical (unpaired) electrons. The molecule has 0 aliphatic rings. The minimum absolute atomic E-state index is 0.202. The largest absolute Gasteiger partial charge is 0.396 e. The first kappa shape index (κ1) is 12.1. The van der Waals surface area contributed by atoms with E-state index in [1.54, 1.807) is 0 Å². The van der Waals surface area contributed by atoms with Crippen LogP contribution in [0.4, 0.5) is 0 Å². The molecular weight excluding hydrogens is 214 g/mol. The second-order valence-corrected chi connectivity index (χ2v) is 4.50. The maximum atomic E-state index is 9.13. The molecular formula is C13H19N3O. The molecule has 1 unspecified atom stereocenters. The van der Waals surface area contributed by atoms with E-state index in [2.05, 4.69) is 27.1 Å². The summed E-state index contributed by atoms with van der Waals surface area (Å²) in [6, 6.07) is 4.05. The van der Waals surface area contributed by atoms with Crippen molar-refractivity contribution in [3.63, 3.8) is 0 Å². The molecule has 0 aliphatic heterocycles. The Bertz CT molecular complexity index is 492. The van der Waals surface area contributed by atoms with Crippen LogP contribution in [-0.4, -0.2) is 28.3 Å². The van der Waals surface area contributed by atoms with Crippen LogP contribution >= 0.6 is 0 Å². The number of pyridine rings is 1. The van der Waals surface area contributed by atoms with E-state index in [0.717, 1.165) is 18.7 Å². The van der Waals surface area contributed by atoms with E-state index >= 15 is 0 Å². The highest BCUT2D eigenvalue weighted by Gasteiger charge is 2.10. The van der Waals surface area contributed by atoms with Crippen molar-refractivity contribution in [2.75, 3.05) is 13.7 Å². The second kappa shape index (κ2) is 5.29. The number of aliphatic hydroxyl groups excluding tert-OH is 1.